The van der Waals surface area contributed by atoms with Crippen LogP contribution in [0.4, 0.5) is 0 Å². The molecular weight excluding hydrogens is 176 g/mol. The van der Waals surface area contributed by atoms with Crippen molar-refractivity contribution in [3.05, 3.63) is 11.6 Å². The van der Waals surface area contributed by atoms with Crippen LogP contribution < -0.4 is 5.73 Å². The van der Waals surface area contributed by atoms with Gasteiger partial charge in [0.15, 0.2) is 5.82 Å². The Bertz CT molecular complexity index is 310. The summed E-state index contributed by atoms with van der Waals surface area (Å²) < 4.78 is 0. The van der Waals surface area contributed by atoms with Crippen molar-refractivity contribution in [3.63, 3.8) is 0 Å². The van der Waals surface area contributed by atoms with Crippen molar-refractivity contribution >= 4 is 0 Å². The minimum atomic E-state index is -0.0658. The lowest BCUT2D eigenvalue weighted by Crippen LogP contribution is -2.32. The van der Waals surface area contributed by atoms with Gasteiger partial charge in [0.25, 0.3) is 0 Å². The highest BCUT2D eigenvalue weighted by Gasteiger charge is 2.32. The van der Waals surface area contributed by atoms with E-state index in [-0.39, 0.29) is 5.41 Å². The van der Waals surface area contributed by atoms with Gasteiger partial charge in [-0.3, -0.25) is 5.10 Å². The number of rotatable bonds is 4. The molecule has 1 atom stereocenters. The first kappa shape index (κ1) is 9.65. The zero-order valence-corrected chi connectivity index (χ0v) is 8.88. The Kier molecular flexibility index (Phi) is 2.31. The SMILES string of the molecule is CCC(C)(CN)c1n[nH]c(C2CC2)n1. The lowest BCUT2D eigenvalue weighted by molar-refractivity contribution is 0.439. The molecule has 0 spiro atoms. The Balaban J connectivity index is 2.21. The number of aromatic nitrogens is 3. The van der Waals surface area contributed by atoms with Crippen molar-refractivity contribution in [2.24, 2.45) is 5.73 Å². The molecule has 2 rings (SSSR count). The first-order valence-corrected chi connectivity index (χ1v) is 5.32. The molecule has 3 N–H and O–H groups in total. The molecule has 1 aliphatic carbocycles. The molecule has 0 aliphatic heterocycles. The van der Waals surface area contributed by atoms with E-state index in [0.717, 1.165) is 18.1 Å². The third kappa shape index (κ3) is 1.54. The number of hydrogen-bond donors (Lipinski definition) is 2. The van der Waals surface area contributed by atoms with Gasteiger partial charge in [0, 0.05) is 17.9 Å². The topological polar surface area (TPSA) is 67.6 Å². The van der Waals surface area contributed by atoms with Crippen LogP contribution >= 0.6 is 0 Å². The van der Waals surface area contributed by atoms with Crippen LogP contribution in [-0.2, 0) is 5.41 Å². The van der Waals surface area contributed by atoms with E-state index in [0.29, 0.717) is 12.5 Å². The number of nitrogens with one attached hydrogen (secondary N) is 1. The van der Waals surface area contributed by atoms with E-state index in [1.165, 1.54) is 12.8 Å². The summed E-state index contributed by atoms with van der Waals surface area (Å²) in [6, 6.07) is 0. The van der Waals surface area contributed by atoms with E-state index < -0.39 is 0 Å². The highest BCUT2D eigenvalue weighted by Crippen LogP contribution is 2.38. The standard InChI is InChI=1S/C10H18N4/c1-3-10(2,6-11)9-12-8(13-14-9)7-4-5-7/h7H,3-6,11H2,1-2H3,(H,12,13,14). The summed E-state index contributed by atoms with van der Waals surface area (Å²) in [4.78, 5) is 4.54. The number of nitrogens with zero attached hydrogens (tertiary/aromatic N) is 2. The minimum absolute atomic E-state index is 0.0658. The van der Waals surface area contributed by atoms with Crippen LogP contribution in [0.2, 0.25) is 0 Å². The number of aromatic amines is 1. The maximum absolute atomic E-state index is 5.76. The summed E-state index contributed by atoms with van der Waals surface area (Å²) in [5, 5.41) is 7.30. The molecule has 14 heavy (non-hydrogen) atoms. The van der Waals surface area contributed by atoms with Crippen LogP contribution in [0.1, 0.15) is 50.7 Å². The zero-order chi connectivity index (χ0) is 10.2. The molecule has 4 nitrogen and oxygen atoms in total. The van der Waals surface area contributed by atoms with Gasteiger partial charge in [0.1, 0.15) is 5.82 Å². The molecule has 0 aromatic carbocycles. The van der Waals surface area contributed by atoms with Crippen molar-refractivity contribution < 1.29 is 0 Å². The number of hydrogen-bond acceptors (Lipinski definition) is 3. The molecule has 1 aliphatic rings. The lowest BCUT2D eigenvalue weighted by Gasteiger charge is -2.21. The molecular formula is C10H18N4. The molecule has 78 valence electrons. The molecule has 1 fully saturated rings. The van der Waals surface area contributed by atoms with Crippen LogP contribution in [0.25, 0.3) is 0 Å². The van der Waals surface area contributed by atoms with Gasteiger partial charge in [-0.1, -0.05) is 13.8 Å². The monoisotopic (exact) mass is 194 g/mol. The maximum Gasteiger partial charge on any atom is 0.157 e. The summed E-state index contributed by atoms with van der Waals surface area (Å²) in [6.45, 7) is 4.85. The fraction of sp³-hybridized carbons (Fsp3) is 0.800. The molecule has 1 unspecified atom stereocenters. The molecule has 1 saturated carbocycles. The maximum atomic E-state index is 5.76. The van der Waals surface area contributed by atoms with E-state index in [1.54, 1.807) is 0 Å². The highest BCUT2D eigenvalue weighted by atomic mass is 15.2. The van der Waals surface area contributed by atoms with Crippen LogP contribution in [0, 0.1) is 0 Å². The lowest BCUT2D eigenvalue weighted by atomic mass is 9.87. The second-order valence-electron chi connectivity index (χ2n) is 4.44. The predicted octanol–water partition coefficient (Wildman–Crippen LogP) is 1.31. The summed E-state index contributed by atoms with van der Waals surface area (Å²) in [5.41, 5.74) is 5.69. The van der Waals surface area contributed by atoms with Gasteiger partial charge < -0.3 is 5.73 Å². The van der Waals surface area contributed by atoms with Crippen molar-refractivity contribution in [1.29, 1.82) is 0 Å². The van der Waals surface area contributed by atoms with Crippen molar-refractivity contribution in [2.45, 2.75) is 44.4 Å². The van der Waals surface area contributed by atoms with E-state index >= 15 is 0 Å². The molecule has 1 heterocycles. The number of H-pyrrole nitrogens is 1. The second-order valence-corrected chi connectivity index (χ2v) is 4.44. The fourth-order valence-electron chi connectivity index (χ4n) is 1.48. The third-order valence-corrected chi connectivity index (χ3v) is 3.24. The predicted molar refractivity (Wildman–Crippen MR) is 55.1 cm³/mol. The zero-order valence-electron chi connectivity index (χ0n) is 8.88. The Morgan fingerprint density at radius 2 is 2.29 bits per heavy atom. The van der Waals surface area contributed by atoms with Gasteiger partial charge >= 0.3 is 0 Å². The second kappa shape index (κ2) is 3.35. The van der Waals surface area contributed by atoms with Crippen LogP contribution in [0.5, 0.6) is 0 Å². The van der Waals surface area contributed by atoms with Gasteiger partial charge in [0.2, 0.25) is 0 Å². The van der Waals surface area contributed by atoms with E-state index in [1.807, 2.05) is 0 Å². The van der Waals surface area contributed by atoms with E-state index in [9.17, 15) is 0 Å². The minimum Gasteiger partial charge on any atom is -0.329 e. The van der Waals surface area contributed by atoms with Crippen LogP contribution in [0.15, 0.2) is 0 Å². The molecule has 0 saturated heterocycles. The average molecular weight is 194 g/mol. The van der Waals surface area contributed by atoms with Crippen molar-refractivity contribution in [2.75, 3.05) is 6.54 Å². The normalized spacial score (nSPS) is 20.8. The van der Waals surface area contributed by atoms with Gasteiger partial charge in [-0.05, 0) is 19.3 Å². The van der Waals surface area contributed by atoms with Crippen molar-refractivity contribution in [1.82, 2.24) is 15.2 Å². The summed E-state index contributed by atoms with van der Waals surface area (Å²) in [5.74, 6) is 2.56. The van der Waals surface area contributed by atoms with Crippen molar-refractivity contribution in [3.8, 4) is 0 Å². The van der Waals surface area contributed by atoms with Gasteiger partial charge in [-0.15, -0.1) is 0 Å². The highest BCUT2D eigenvalue weighted by molar-refractivity contribution is 5.11. The largest absolute Gasteiger partial charge is 0.329 e. The van der Waals surface area contributed by atoms with Crippen LogP contribution in [-0.4, -0.2) is 21.7 Å². The molecule has 0 amide bonds. The summed E-state index contributed by atoms with van der Waals surface area (Å²) >= 11 is 0. The molecule has 1 aromatic rings. The Labute approximate surface area is 84.3 Å². The van der Waals surface area contributed by atoms with Crippen LogP contribution in [0.3, 0.4) is 0 Å². The Morgan fingerprint density at radius 3 is 2.79 bits per heavy atom. The smallest absolute Gasteiger partial charge is 0.157 e. The van der Waals surface area contributed by atoms with Gasteiger partial charge in [0.05, 0.1) is 0 Å². The first-order valence-electron chi connectivity index (χ1n) is 5.32. The molecule has 4 heteroatoms. The van der Waals surface area contributed by atoms with Gasteiger partial charge in [-0.25, -0.2) is 4.98 Å². The quantitative estimate of drug-likeness (QED) is 0.759. The van der Waals surface area contributed by atoms with Gasteiger partial charge in [-0.2, -0.15) is 5.10 Å². The Hall–Kier alpha value is -0.900. The average Bonchev–Trinajstić information content (AvgIpc) is 2.95. The summed E-state index contributed by atoms with van der Waals surface area (Å²) in [6.07, 6.45) is 3.48. The fourth-order valence-corrected chi connectivity index (χ4v) is 1.48. The molecule has 0 radical (unpaired) electrons. The first-order chi connectivity index (χ1) is 6.69. The number of nitrogens with two attached hydrogens (primary N) is 1. The van der Waals surface area contributed by atoms with E-state index in [4.69, 9.17) is 5.73 Å². The molecule has 0 bridgehead atoms. The summed E-state index contributed by atoms with van der Waals surface area (Å²) in [7, 11) is 0. The Morgan fingerprint density at radius 1 is 1.57 bits per heavy atom. The third-order valence-electron chi connectivity index (χ3n) is 3.24. The van der Waals surface area contributed by atoms with E-state index in [2.05, 4.69) is 29.0 Å². The molecule has 1 aromatic heterocycles.